The van der Waals surface area contributed by atoms with Gasteiger partial charge in [0.1, 0.15) is 17.3 Å². The third-order valence-corrected chi connectivity index (χ3v) is 5.83. The van der Waals surface area contributed by atoms with E-state index in [1.807, 2.05) is 42.5 Å². The first kappa shape index (κ1) is 23.1. The van der Waals surface area contributed by atoms with E-state index in [9.17, 15) is 14.4 Å². The Morgan fingerprint density at radius 2 is 1.86 bits per heavy atom. The number of carbonyl (C=O) groups excluding carboxylic acids is 3. The molecule has 1 atom stereocenters. The molecule has 0 radical (unpaired) electrons. The van der Waals surface area contributed by atoms with Crippen molar-refractivity contribution in [3.63, 3.8) is 0 Å². The quantitative estimate of drug-likeness (QED) is 0.385. The maximum absolute atomic E-state index is 12.6. The fourth-order valence-corrected chi connectivity index (χ4v) is 4.08. The lowest BCUT2D eigenvalue weighted by molar-refractivity contribution is -0.151. The largest absolute Gasteiger partial charge is 0.457 e. The molecule has 4 aromatic rings. The second kappa shape index (κ2) is 9.91. The summed E-state index contributed by atoms with van der Waals surface area (Å²) < 4.78 is 16.0. The summed E-state index contributed by atoms with van der Waals surface area (Å²) >= 11 is 0. The van der Waals surface area contributed by atoms with Gasteiger partial charge in [-0.1, -0.05) is 41.6 Å². The molecule has 3 aromatic carbocycles. The third-order valence-electron chi connectivity index (χ3n) is 5.83. The maximum Gasteiger partial charge on any atom is 0.311 e. The minimum absolute atomic E-state index is 0.0111. The number of nitrogens with one attached hydrogen (secondary N) is 1. The molecule has 5 rings (SSSR count). The first-order chi connectivity index (χ1) is 17.5. The molecule has 1 N–H and O–H groups in total. The van der Waals surface area contributed by atoms with Crippen LogP contribution in [0.5, 0.6) is 11.5 Å². The van der Waals surface area contributed by atoms with Crippen LogP contribution in [0.4, 0.5) is 11.5 Å². The molecule has 182 valence electrons. The zero-order valence-electron chi connectivity index (χ0n) is 19.5. The number of hydrogen-bond acceptors (Lipinski definition) is 7. The van der Waals surface area contributed by atoms with Crippen LogP contribution in [0.2, 0.25) is 0 Å². The Bertz CT molecular complexity index is 1420. The van der Waals surface area contributed by atoms with Crippen molar-refractivity contribution in [3.8, 4) is 11.5 Å². The SMILES string of the molecule is Cc1cc(NC(=O)COC(=O)[C@@H]2CC(=O)N(c3ccc(Oc4cccc5ccccc45)cc3)C2)no1. The predicted molar refractivity (Wildman–Crippen MR) is 132 cm³/mol. The molecule has 1 aliphatic rings. The Morgan fingerprint density at radius 1 is 1.08 bits per heavy atom. The molecule has 1 saturated heterocycles. The number of nitrogens with zero attached hydrogens (tertiary/aromatic N) is 2. The summed E-state index contributed by atoms with van der Waals surface area (Å²) in [6, 6.07) is 22.5. The van der Waals surface area contributed by atoms with E-state index < -0.39 is 24.4 Å². The molecule has 1 aliphatic heterocycles. The zero-order chi connectivity index (χ0) is 25.1. The first-order valence-electron chi connectivity index (χ1n) is 11.4. The van der Waals surface area contributed by atoms with E-state index in [4.69, 9.17) is 14.0 Å². The molecule has 1 aromatic heterocycles. The standard InChI is InChI=1S/C27H23N3O6/c1-17-13-24(29-36-17)28-25(31)16-34-27(33)19-14-26(32)30(15-19)20-9-11-21(12-10-20)35-23-8-4-6-18-5-2-3-7-22(18)23/h2-13,19H,14-16H2,1H3,(H,28,29,31)/t19-/m1/s1. The van der Waals surface area contributed by atoms with Crippen LogP contribution in [-0.2, 0) is 19.1 Å². The minimum atomic E-state index is -0.661. The summed E-state index contributed by atoms with van der Waals surface area (Å²) in [7, 11) is 0. The summed E-state index contributed by atoms with van der Waals surface area (Å²) in [4.78, 5) is 38.5. The van der Waals surface area contributed by atoms with Crippen LogP contribution in [-0.4, -0.2) is 36.1 Å². The number of ether oxygens (including phenoxy) is 2. The molecule has 0 saturated carbocycles. The number of hydrogen-bond donors (Lipinski definition) is 1. The lowest BCUT2D eigenvalue weighted by atomic mass is 10.1. The predicted octanol–water partition coefficient (Wildman–Crippen LogP) is 4.46. The van der Waals surface area contributed by atoms with Gasteiger partial charge in [-0.2, -0.15) is 0 Å². The zero-order valence-corrected chi connectivity index (χ0v) is 19.5. The molecule has 9 heteroatoms. The second-order valence-corrected chi connectivity index (χ2v) is 8.46. The van der Waals surface area contributed by atoms with E-state index in [2.05, 4.69) is 10.5 Å². The van der Waals surface area contributed by atoms with Crippen LogP contribution in [0.1, 0.15) is 12.2 Å². The monoisotopic (exact) mass is 485 g/mol. The molecule has 0 unspecified atom stereocenters. The van der Waals surface area contributed by atoms with Gasteiger partial charge in [0.2, 0.25) is 5.91 Å². The van der Waals surface area contributed by atoms with Gasteiger partial charge in [-0.05, 0) is 42.6 Å². The van der Waals surface area contributed by atoms with Crippen molar-refractivity contribution in [2.24, 2.45) is 5.92 Å². The molecule has 1 fully saturated rings. The van der Waals surface area contributed by atoms with Gasteiger partial charge in [0.05, 0.1) is 5.92 Å². The second-order valence-electron chi connectivity index (χ2n) is 8.46. The highest BCUT2D eigenvalue weighted by molar-refractivity contribution is 6.00. The van der Waals surface area contributed by atoms with Crippen molar-refractivity contribution in [1.82, 2.24) is 5.16 Å². The molecule has 0 spiro atoms. The molecule has 36 heavy (non-hydrogen) atoms. The van der Waals surface area contributed by atoms with E-state index >= 15 is 0 Å². The number of aromatic nitrogens is 1. The van der Waals surface area contributed by atoms with Crippen molar-refractivity contribution in [1.29, 1.82) is 0 Å². The number of aryl methyl sites for hydroxylation is 1. The Hall–Kier alpha value is -4.66. The van der Waals surface area contributed by atoms with Gasteiger partial charge in [-0.25, -0.2) is 0 Å². The van der Waals surface area contributed by atoms with Crippen molar-refractivity contribution >= 4 is 40.1 Å². The van der Waals surface area contributed by atoms with E-state index in [1.54, 1.807) is 37.3 Å². The van der Waals surface area contributed by atoms with Gasteiger partial charge in [-0.3, -0.25) is 14.4 Å². The average molecular weight is 485 g/mol. The van der Waals surface area contributed by atoms with E-state index in [1.165, 1.54) is 4.90 Å². The Labute approximate surface area is 206 Å². The summed E-state index contributed by atoms with van der Waals surface area (Å²) in [6.07, 6.45) is 0.0111. The van der Waals surface area contributed by atoms with Gasteiger partial charge in [0, 0.05) is 30.1 Å². The highest BCUT2D eigenvalue weighted by Gasteiger charge is 2.36. The molecular weight excluding hydrogens is 462 g/mol. The molecular formula is C27H23N3O6. The van der Waals surface area contributed by atoms with Gasteiger partial charge in [0.25, 0.3) is 5.91 Å². The number of carbonyl (C=O) groups is 3. The lowest BCUT2D eigenvalue weighted by Gasteiger charge is -2.17. The molecule has 0 aliphatic carbocycles. The van der Waals surface area contributed by atoms with Gasteiger partial charge >= 0.3 is 5.97 Å². The highest BCUT2D eigenvalue weighted by atomic mass is 16.5. The number of amides is 2. The lowest BCUT2D eigenvalue weighted by Crippen LogP contribution is -2.28. The van der Waals surface area contributed by atoms with Crippen molar-refractivity contribution < 1.29 is 28.4 Å². The fourth-order valence-electron chi connectivity index (χ4n) is 4.08. The normalized spacial score (nSPS) is 15.2. The Kier molecular flexibility index (Phi) is 6.36. The number of fused-ring (bicyclic) bond motifs is 1. The van der Waals surface area contributed by atoms with Crippen LogP contribution in [0.25, 0.3) is 10.8 Å². The number of esters is 1. The van der Waals surface area contributed by atoms with Gasteiger partial charge < -0.3 is 24.2 Å². The van der Waals surface area contributed by atoms with E-state index in [-0.39, 0.29) is 24.7 Å². The van der Waals surface area contributed by atoms with Crippen LogP contribution in [0, 0.1) is 12.8 Å². The summed E-state index contributed by atoms with van der Waals surface area (Å²) in [5, 5.41) is 8.21. The molecule has 0 bridgehead atoms. The Morgan fingerprint density at radius 3 is 2.64 bits per heavy atom. The fraction of sp³-hybridized carbons (Fsp3) is 0.185. The van der Waals surface area contributed by atoms with Crippen LogP contribution in [0.15, 0.2) is 77.3 Å². The summed E-state index contributed by atoms with van der Waals surface area (Å²) in [5.74, 6) is 0.152. The number of benzene rings is 3. The molecule has 9 nitrogen and oxygen atoms in total. The smallest absolute Gasteiger partial charge is 0.311 e. The van der Waals surface area contributed by atoms with Crippen LogP contribution < -0.4 is 15.0 Å². The molecule has 2 heterocycles. The van der Waals surface area contributed by atoms with Crippen molar-refractivity contribution in [2.75, 3.05) is 23.4 Å². The van der Waals surface area contributed by atoms with Crippen LogP contribution >= 0.6 is 0 Å². The van der Waals surface area contributed by atoms with Crippen LogP contribution in [0.3, 0.4) is 0 Å². The van der Waals surface area contributed by atoms with Gasteiger partial charge in [-0.15, -0.1) is 0 Å². The van der Waals surface area contributed by atoms with E-state index in [0.29, 0.717) is 17.2 Å². The molecule has 2 amide bonds. The van der Waals surface area contributed by atoms with E-state index in [0.717, 1.165) is 16.5 Å². The minimum Gasteiger partial charge on any atom is -0.457 e. The van der Waals surface area contributed by atoms with Crippen molar-refractivity contribution in [2.45, 2.75) is 13.3 Å². The number of anilines is 2. The maximum atomic E-state index is 12.6. The third kappa shape index (κ3) is 5.05. The first-order valence-corrected chi connectivity index (χ1v) is 11.4. The summed E-state index contributed by atoms with van der Waals surface area (Å²) in [5.41, 5.74) is 0.653. The highest BCUT2D eigenvalue weighted by Crippen LogP contribution is 2.32. The van der Waals surface area contributed by atoms with Gasteiger partial charge in [0.15, 0.2) is 12.4 Å². The summed E-state index contributed by atoms with van der Waals surface area (Å²) in [6.45, 7) is 1.39. The number of rotatable bonds is 7. The topological polar surface area (TPSA) is 111 Å². The average Bonchev–Trinajstić information content (AvgIpc) is 3.48. The Balaban J connectivity index is 1.17. The van der Waals surface area contributed by atoms with Crippen molar-refractivity contribution in [3.05, 3.63) is 78.6 Å².